The highest BCUT2D eigenvalue weighted by Crippen LogP contribution is 2.29. The van der Waals surface area contributed by atoms with Crippen LogP contribution in [0, 0.1) is 6.92 Å². The predicted molar refractivity (Wildman–Crippen MR) is 107 cm³/mol. The van der Waals surface area contributed by atoms with Crippen molar-refractivity contribution in [2.75, 3.05) is 5.32 Å². The molecular weight excluding hydrogens is 358 g/mol. The molecule has 27 heavy (non-hydrogen) atoms. The highest BCUT2D eigenvalue weighted by atomic mass is 32.2. The van der Waals surface area contributed by atoms with E-state index in [0.717, 1.165) is 29.7 Å². The average molecular weight is 379 g/mol. The lowest BCUT2D eigenvalue weighted by molar-refractivity contribution is -0.115. The van der Waals surface area contributed by atoms with Crippen molar-refractivity contribution in [3.05, 3.63) is 59.2 Å². The van der Waals surface area contributed by atoms with Crippen molar-refractivity contribution in [1.29, 1.82) is 0 Å². The van der Waals surface area contributed by atoms with E-state index in [9.17, 15) is 4.79 Å². The Bertz CT molecular complexity index is 983. The molecule has 1 atom stereocenters. The zero-order valence-electron chi connectivity index (χ0n) is 15.4. The van der Waals surface area contributed by atoms with Gasteiger partial charge in [0, 0.05) is 11.3 Å². The first-order chi connectivity index (χ1) is 13.1. The van der Waals surface area contributed by atoms with E-state index in [0.29, 0.717) is 11.1 Å². The molecule has 138 valence electrons. The van der Waals surface area contributed by atoms with Gasteiger partial charge in [-0.1, -0.05) is 36.0 Å². The van der Waals surface area contributed by atoms with Crippen molar-refractivity contribution in [1.82, 2.24) is 10.2 Å². The molecule has 1 aliphatic rings. The van der Waals surface area contributed by atoms with Crippen molar-refractivity contribution in [3.63, 3.8) is 0 Å². The van der Waals surface area contributed by atoms with Crippen LogP contribution in [0.4, 0.5) is 5.69 Å². The zero-order valence-corrected chi connectivity index (χ0v) is 16.2. The molecule has 1 N–H and O–H groups in total. The quantitative estimate of drug-likeness (QED) is 0.654. The van der Waals surface area contributed by atoms with Crippen LogP contribution in [0.5, 0.6) is 0 Å². The summed E-state index contributed by atoms with van der Waals surface area (Å²) in [5.74, 6) is 0.399. The Hall–Kier alpha value is -2.60. The normalized spacial score (nSPS) is 14.0. The summed E-state index contributed by atoms with van der Waals surface area (Å²) in [5, 5.41) is 11.2. The Morgan fingerprint density at radius 3 is 2.81 bits per heavy atom. The van der Waals surface area contributed by atoms with E-state index in [-0.39, 0.29) is 11.2 Å². The van der Waals surface area contributed by atoms with Gasteiger partial charge in [0.15, 0.2) is 0 Å². The van der Waals surface area contributed by atoms with Crippen LogP contribution >= 0.6 is 11.8 Å². The summed E-state index contributed by atoms with van der Waals surface area (Å²) >= 11 is 1.27. The lowest BCUT2D eigenvalue weighted by Gasteiger charge is -2.11. The molecule has 0 aliphatic heterocycles. The largest absolute Gasteiger partial charge is 0.411 e. The van der Waals surface area contributed by atoms with Gasteiger partial charge in [-0.2, -0.15) is 0 Å². The highest BCUT2D eigenvalue weighted by molar-refractivity contribution is 8.00. The molecule has 3 aromatic rings. The SMILES string of the molecule is Cc1ccccc1-c1nnc(S[C@H](C)C(=O)Nc2ccc3c(c2)CCC3)o1. The summed E-state index contributed by atoms with van der Waals surface area (Å²) in [4.78, 5) is 12.5. The van der Waals surface area contributed by atoms with Gasteiger partial charge in [-0.3, -0.25) is 4.79 Å². The van der Waals surface area contributed by atoms with Gasteiger partial charge in [0.1, 0.15) is 0 Å². The van der Waals surface area contributed by atoms with Gasteiger partial charge in [-0.15, -0.1) is 10.2 Å². The summed E-state index contributed by atoms with van der Waals surface area (Å²) in [6, 6.07) is 14.0. The van der Waals surface area contributed by atoms with E-state index in [1.807, 2.05) is 44.2 Å². The van der Waals surface area contributed by atoms with E-state index in [1.54, 1.807) is 0 Å². The summed E-state index contributed by atoms with van der Waals surface area (Å²) in [5.41, 5.74) is 5.56. The van der Waals surface area contributed by atoms with Gasteiger partial charge in [-0.05, 0) is 68.0 Å². The summed E-state index contributed by atoms with van der Waals surface area (Å²) in [6.07, 6.45) is 3.42. The van der Waals surface area contributed by atoms with E-state index in [2.05, 4.69) is 27.6 Å². The molecule has 6 heteroatoms. The summed E-state index contributed by atoms with van der Waals surface area (Å²) in [6.45, 7) is 3.84. The van der Waals surface area contributed by atoms with E-state index >= 15 is 0 Å². The van der Waals surface area contributed by atoms with Gasteiger partial charge in [0.25, 0.3) is 5.22 Å². The van der Waals surface area contributed by atoms with Crippen LogP contribution < -0.4 is 5.32 Å². The van der Waals surface area contributed by atoms with E-state index in [1.165, 1.54) is 29.3 Å². The van der Waals surface area contributed by atoms with Crippen LogP contribution in [-0.4, -0.2) is 21.4 Å². The topological polar surface area (TPSA) is 68.0 Å². The number of nitrogens with zero attached hydrogens (tertiary/aromatic N) is 2. The number of aryl methyl sites for hydroxylation is 3. The molecule has 1 aliphatic carbocycles. The molecule has 0 fully saturated rings. The van der Waals surface area contributed by atoms with Crippen LogP contribution in [0.3, 0.4) is 0 Å². The van der Waals surface area contributed by atoms with Gasteiger partial charge < -0.3 is 9.73 Å². The summed E-state index contributed by atoms with van der Waals surface area (Å²) in [7, 11) is 0. The number of fused-ring (bicyclic) bond motifs is 1. The maximum absolute atomic E-state index is 12.5. The smallest absolute Gasteiger partial charge is 0.277 e. The third-order valence-electron chi connectivity index (χ3n) is 4.79. The lowest BCUT2D eigenvalue weighted by atomic mass is 10.1. The predicted octanol–water partition coefficient (Wildman–Crippen LogP) is 4.65. The van der Waals surface area contributed by atoms with Crippen molar-refractivity contribution in [3.8, 4) is 11.5 Å². The Morgan fingerprint density at radius 1 is 1.15 bits per heavy atom. The second kappa shape index (κ2) is 7.56. The van der Waals surface area contributed by atoms with Crippen molar-refractivity contribution < 1.29 is 9.21 Å². The number of aromatic nitrogens is 2. The van der Waals surface area contributed by atoms with Crippen LogP contribution in [0.2, 0.25) is 0 Å². The molecule has 1 amide bonds. The van der Waals surface area contributed by atoms with Gasteiger partial charge in [0.05, 0.1) is 5.25 Å². The molecule has 0 unspecified atom stereocenters. The fourth-order valence-corrected chi connectivity index (χ4v) is 3.96. The molecule has 0 saturated heterocycles. The number of carbonyl (C=O) groups excluding carboxylic acids is 1. The molecule has 0 bridgehead atoms. The van der Waals surface area contributed by atoms with Crippen molar-refractivity contribution >= 4 is 23.4 Å². The zero-order chi connectivity index (χ0) is 18.8. The van der Waals surface area contributed by atoms with Crippen molar-refractivity contribution in [2.45, 2.75) is 43.6 Å². The maximum atomic E-state index is 12.5. The number of rotatable bonds is 5. The number of nitrogens with one attached hydrogen (secondary N) is 1. The van der Waals surface area contributed by atoms with Gasteiger partial charge in [-0.25, -0.2) is 0 Å². The number of hydrogen-bond donors (Lipinski definition) is 1. The second-order valence-corrected chi connectivity index (χ2v) is 8.07. The minimum Gasteiger partial charge on any atom is -0.411 e. The molecule has 0 spiro atoms. The third-order valence-corrected chi connectivity index (χ3v) is 5.73. The molecule has 0 saturated carbocycles. The molecular formula is C21H21N3O2S. The standard InChI is InChI=1S/C21H21N3O2S/c1-13-6-3-4-9-18(13)20-23-24-21(26-20)27-14(2)19(25)22-17-11-10-15-7-5-8-16(15)12-17/h3-4,6,9-12,14H,5,7-8H2,1-2H3,(H,22,25)/t14-/m1/s1. The molecule has 4 rings (SSSR count). The van der Waals surface area contributed by atoms with Gasteiger partial charge in [0.2, 0.25) is 11.8 Å². The minimum absolute atomic E-state index is 0.0754. The van der Waals surface area contributed by atoms with Gasteiger partial charge >= 0.3 is 0 Å². The molecule has 5 nitrogen and oxygen atoms in total. The number of amides is 1. The Morgan fingerprint density at radius 2 is 1.96 bits per heavy atom. The Balaban J connectivity index is 1.41. The van der Waals surface area contributed by atoms with Crippen LogP contribution in [0.15, 0.2) is 52.1 Å². The third kappa shape index (κ3) is 3.90. The Labute approximate surface area is 162 Å². The lowest BCUT2D eigenvalue weighted by Crippen LogP contribution is -2.22. The Kier molecular flexibility index (Phi) is 4.99. The fraction of sp³-hybridized carbons (Fsp3) is 0.286. The number of anilines is 1. The van der Waals surface area contributed by atoms with Crippen LogP contribution in [0.1, 0.15) is 30.0 Å². The second-order valence-electron chi connectivity index (χ2n) is 6.77. The molecule has 2 aromatic carbocycles. The van der Waals surface area contributed by atoms with Crippen LogP contribution in [-0.2, 0) is 17.6 Å². The molecule has 1 aromatic heterocycles. The number of benzene rings is 2. The fourth-order valence-electron chi connectivity index (χ4n) is 3.28. The van der Waals surface area contributed by atoms with E-state index < -0.39 is 0 Å². The first-order valence-corrected chi connectivity index (χ1v) is 9.97. The number of hydrogen-bond acceptors (Lipinski definition) is 5. The average Bonchev–Trinajstić information content (AvgIpc) is 3.31. The molecule has 1 heterocycles. The molecule has 0 radical (unpaired) electrons. The maximum Gasteiger partial charge on any atom is 0.277 e. The van der Waals surface area contributed by atoms with Crippen LogP contribution in [0.25, 0.3) is 11.5 Å². The number of carbonyl (C=O) groups is 1. The van der Waals surface area contributed by atoms with E-state index in [4.69, 9.17) is 4.42 Å². The first-order valence-electron chi connectivity index (χ1n) is 9.09. The number of thioether (sulfide) groups is 1. The minimum atomic E-state index is -0.344. The summed E-state index contributed by atoms with van der Waals surface area (Å²) < 4.78 is 5.74. The monoisotopic (exact) mass is 379 g/mol. The highest BCUT2D eigenvalue weighted by Gasteiger charge is 2.20. The first kappa shape index (κ1) is 17.8. The van der Waals surface area contributed by atoms with Crippen molar-refractivity contribution in [2.24, 2.45) is 0 Å².